The predicted molar refractivity (Wildman–Crippen MR) is 75.0 cm³/mol. The van der Waals surface area contributed by atoms with E-state index >= 15 is 0 Å². The summed E-state index contributed by atoms with van der Waals surface area (Å²) in [6.07, 6.45) is 8.79. The Kier molecular flexibility index (Phi) is 4.90. The molecule has 0 aliphatic heterocycles. The summed E-state index contributed by atoms with van der Waals surface area (Å²) >= 11 is 0. The average molecular weight is 237 g/mol. The van der Waals surface area contributed by atoms with Gasteiger partial charge >= 0.3 is 0 Å². The molecule has 17 heavy (non-hydrogen) atoms. The lowest BCUT2D eigenvalue weighted by Gasteiger charge is -2.46. The van der Waals surface area contributed by atoms with Crippen LogP contribution in [0, 0.1) is 29.6 Å². The summed E-state index contributed by atoms with van der Waals surface area (Å²) in [5, 5.41) is 3.63. The minimum Gasteiger partial charge on any atom is -0.316 e. The first kappa shape index (κ1) is 13.4. The zero-order valence-electron chi connectivity index (χ0n) is 12.0. The Morgan fingerprint density at radius 1 is 1.00 bits per heavy atom. The molecule has 0 spiro atoms. The van der Waals surface area contributed by atoms with E-state index in [2.05, 4.69) is 26.1 Å². The highest BCUT2D eigenvalue weighted by Gasteiger charge is 2.39. The molecule has 2 fully saturated rings. The molecular weight excluding hydrogens is 206 g/mol. The van der Waals surface area contributed by atoms with Crippen LogP contribution in [0.1, 0.15) is 59.3 Å². The molecule has 2 aliphatic carbocycles. The molecular formula is C16H31N. The molecule has 1 N–H and O–H groups in total. The van der Waals surface area contributed by atoms with Gasteiger partial charge in [0.1, 0.15) is 0 Å². The van der Waals surface area contributed by atoms with Gasteiger partial charge in [0, 0.05) is 0 Å². The van der Waals surface area contributed by atoms with Crippen molar-refractivity contribution in [3.05, 3.63) is 0 Å². The molecule has 1 nitrogen and oxygen atoms in total. The van der Waals surface area contributed by atoms with Crippen LogP contribution < -0.4 is 5.32 Å². The lowest BCUT2D eigenvalue weighted by molar-refractivity contribution is 0.0508. The van der Waals surface area contributed by atoms with Crippen molar-refractivity contribution in [2.24, 2.45) is 29.6 Å². The van der Waals surface area contributed by atoms with E-state index in [9.17, 15) is 0 Å². The third-order valence-electron chi connectivity index (χ3n) is 5.55. The van der Waals surface area contributed by atoms with Crippen LogP contribution in [0.4, 0.5) is 0 Å². The first-order valence-corrected chi connectivity index (χ1v) is 7.93. The highest BCUT2D eigenvalue weighted by atomic mass is 14.9. The van der Waals surface area contributed by atoms with Crippen LogP contribution in [-0.2, 0) is 0 Å². The fourth-order valence-corrected chi connectivity index (χ4v) is 3.91. The number of rotatable bonds is 5. The van der Waals surface area contributed by atoms with E-state index in [-0.39, 0.29) is 0 Å². The smallest absolute Gasteiger partial charge is 0.00178 e. The Bertz CT molecular complexity index is 226. The molecule has 0 radical (unpaired) electrons. The maximum absolute atomic E-state index is 3.63. The van der Waals surface area contributed by atoms with Crippen molar-refractivity contribution < 1.29 is 0 Å². The lowest BCUT2D eigenvalue weighted by atomic mass is 9.60. The SMILES string of the molecule is CCCNCC1CCC1C1CCC(C)C(C)C1. The molecule has 5 unspecified atom stereocenters. The Morgan fingerprint density at radius 2 is 1.82 bits per heavy atom. The summed E-state index contributed by atoms with van der Waals surface area (Å²) in [5.74, 6) is 5.08. The van der Waals surface area contributed by atoms with Crippen molar-refractivity contribution in [1.82, 2.24) is 5.32 Å². The molecule has 0 amide bonds. The standard InChI is InChI=1S/C16H31N/c1-4-9-17-11-15-7-8-16(15)14-6-5-12(2)13(3)10-14/h12-17H,4-11H2,1-3H3. The Hall–Kier alpha value is -0.0400. The van der Waals surface area contributed by atoms with Gasteiger partial charge in [-0.15, -0.1) is 0 Å². The van der Waals surface area contributed by atoms with E-state index in [1.807, 2.05) is 0 Å². The Labute approximate surface area is 108 Å². The second-order valence-corrected chi connectivity index (χ2v) is 6.73. The minimum absolute atomic E-state index is 0.971. The summed E-state index contributed by atoms with van der Waals surface area (Å²) < 4.78 is 0. The molecule has 2 aliphatic rings. The van der Waals surface area contributed by atoms with Crippen molar-refractivity contribution in [2.45, 2.75) is 59.3 Å². The quantitative estimate of drug-likeness (QED) is 0.710. The Balaban J connectivity index is 1.74. The topological polar surface area (TPSA) is 12.0 Å². The molecule has 0 heterocycles. The van der Waals surface area contributed by atoms with Crippen LogP contribution in [0.25, 0.3) is 0 Å². The van der Waals surface area contributed by atoms with E-state index in [1.165, 1.54) is 51.6 Å². The summed E-state index contributed by atoms with van der Waals surface area (Å²) in [6, 6.07) is 0. The summed E-state index contributed by atoms with van der Waals surface area (Å²) in [6.45, 7) is 9.68. The van der Waals surface area contributed by atoms with Gasteiger partial charge in [0.2, 0.25) is 0 Å². The molecule has 0 aromatic heterocycles. The Morgan fingerprint density at radius 3 is 2.41 bits per heavy atom. The molecule has 1 heteroatoms. The molecule has 0 aromatic rings. The molecule has 2 rings (SSSR count). The largest absolute Gasteiger partial charge is 0.316 e. The van der Waals surface area contributed by atoms with Gasteiger partial charge in [-0.3, -0.25) is 0 Å². The minimum atomic E-state index is 0.971. The zero-order chi connectivity index (χ0) is 12.3. The van der Waals surface area contributed by atoms with Gasteiger partial charge in [-0.05, 0) is 74.8 Å². The fraction of sp³-hybridized carbons (Fsp3) is 1.00. The van der Waals surface area contributed by atoms with Crippen LogP contribution >= 0.6 is 0 Å². The highest BCUT2D eigenvalue weighted by molar-refractivity contribution is 4.90. The highest BCUT2D eigenvalue weighted by Crippen LogP contribution is 2.47. The monoisotopic (exact) mass is 237 g/mol. The summed E-state index contributed by atoms with van der Waals surface area (Å²) in [5.41, 5.74) is 0. The maximum atomic E-state index is 3.63. The summed E-state index contributed by atoms with van der Waals surface area (Å²) in [7, 11) is 0. The molecule has 100 valence electrons. The normalized spacial score (nSPS) is 42.2. The summed E-state index contributed by atoms with van der Waals surface area (Å²) in [4.78, 5) is 0. The first-order chi connectivity index (χ1) is 8.22. The zero-order valence-corrected chi connectivity index (χ0v) is 12.0. The van der Waals surface area contributed by atoms with Crippen molar-refractivity contribution in [2.75, 3.05) is 13.1 Å². The van der Waals surface area contributed by atoms with Crippen molar-refractivity contribution in [3.63, 3.8) is 0 Å². The van der Waals surface area contributed by atoms with Gasteiger partial charge < -0.3 is 5.32 Å². The molecule has 0 saturated heterocycles. The van der Waals surface area contributed by atoms with Gasteiger partial charge in [-0.2, -0.15) is 0 Å². The van der Waals surface area contributed by atoms with Crippen LogP contribution in [0.3, 0.4) is 0 Å². The number of hydrogen-bond donors (Lipinski definition) is 1. The molecule has 0 bridgehead atoms. The number of hydrogen-bond acceptors (Lipinski definition) is 1. The van der Waals surface area contributed by atoms with Gasteiger partial charge in [-0.1, -0.05) is 27.2 Å². The molecule has 5 atom stereocenters. The van der Waals surface area contributed by atoms with E-state index in [4.69, 9.17) is 0 Å². The average Bonchev–Trinajstić information content (AvgIpc) is 2.28. The van der Waals surface area contributed by atoms with E-state index in [0.717, 1.165) is 29.6 Å². The predicted octanol–water partition coefficient (Wildman–Crippen LogP) is 4.08. The van der Waals surface area contributed by atoms with Crippen molar-refractivity contribution >= 4 is 0 Å². The van der Waals surface area contributed by atoms with Gasteiger partial charge in [0.25, 0.3) is 0 Å². The fourth-order valence-electron chi connectivity index (χ4n) is 3.91. The van der Waals surface area contributed by atoms with Crippen LogP contribution in [0.5, 0.6) is 0 Å². The van der Waals surface area contributed by atoms with Crippen LogP contribution in [0.2, 0.25) is 0 Å². The third-order valence-corrected chi connectivity index (χ3v) is 5.55. The molecule has 2 saturated carbocycles. The van der Waals surface area contributed by atoms with Crippen LogP contribution in [0.15, 0.2) is 0 Å². The number of nitrogens with one attached hydrogen (secondary N) is 1. The third kappa shape index (κ3) is 3.24. The van der Waals surface area contributed by atoms with E-state index in [1.54, 1.807) is 0 Å². The van der Waals surface area contributed by atoms with Gasteiger partial charge in [0.15, 0.2) is 0 Å². The van der Waals surface area contributed by atoms with E-state index < -0.39 is 0 Å². The maximum Gasteiger partial charge on any atom is -0.00178 e. The molecule has 0 aromatic carbocycles. The first-order valence-electron chi connectivity index (χ1n) is 7.93. The van der Waals surface area contributed by atoms with Gasteiger partial charge in [0.05, 0.1) is 0 Å². The second kappa shape index (κ2) is 6.22. The second-order valence-electron chi connectivity index (χ2n) is 6.73. The van der Waals surface area contributed by atoms with Gasteiger partial charge in [-0.25, -0.2) is 0 Å². The van der Waals surface area contributed by atoms with Crippen molar-refractivity contribution in [3.8, 4) is 0 Å². The van der Waals surface area contributed by atoms with E-state index in [0.29, 0.717) is 0 Å². The van der Waals surface area contributed by atoms with Crippen molar-refractivity contribution in [1.29, 1.82) is 0 Å². The van der Waals surface area contributed by atoms with Crippen LogP contribution in [-0.4, -0.2) is 13.1 Å². The lowest BCUT2D eigenvalue weighted by Crippen LogP contribution is -2.41.